The van der Waals surface area contributed by atoms with Gasteiger partial charge in [0, 0.05) is 0 Å². The third-order valence-corrected chi connectivity index (χ3v) is 1.78. The van der Waals surface area contributed by atoms with E-state index in [-0.39, 0.29) is 5.70 Å². The van der Waals surface area contributed by atoms with Gasteiger partial charge in [-0.3, -0.25) is 10.7 Å². The van der Waals surface area contributed by atoms with E-state index in [4.69, 9.17) is 15.1 Å². The molecule has 0 heterocycles. The molecule has 0 aliphatic carbocycles. The van der Waals surface area contributed by atoms with Crippen molar-refractivity contribution in [2.24, 2.45) is 0 Å². The van der Waals surface area contributed by atoms with Crippen molar-refractivity contribution in [3.05, 3.63) is 35.5 Å². The topological polar surface area (TPSA) is 78.8 Å². The number of aliphatic carboxylic acids is 1. The quantitative estimate of drug-likeness (QED) is 0.511. The van der Waals surface area contributed by atoms with E-state index in [1.165, 1.54) is 6.08 Å². The van der Waals surface area contributed by atoms with Crippen molar-refractivity contribution in [1.82, 2.24) is 5.48 Å². The summed E-state index contributed by atoms with van der Waals surface area (Å²) in [4.78, 5) is 10.5. The molecule has 5 heteroatoms. The van der Waals surface area contributed by atoms with E-state index >= 15 is 0 Å². The van der Waals surface area contributed by atoms with Gasteiger partial charge in [-0.05, 0) is 23.8 Å². The first-order valence-corrected chi connectivity index (χ1v) is 4.16. The highest BCUT2D eigenvalue weighted by atomic mass is 16.5. The number of benzene rings is 1. The maximum absolute atomic E-state index is 10.5. The Balaban J connectivity index is 2.92. The zero-order chi connectivity index (χ0) is 11.3. The van der Waals surface area contributed by atoms with Gasteiger partial charge in [-0.15, -0.1) is 0 Å². The van der Waals surface area contributed by atoms with E-state index in [1.807, 2.05) is 0 Å². The first-order chi connectivity index (χ1) is 7.17. The van der Waals surface area contributed by atoms with E-state index < -0.39 is 5.97 Å². The third-order valence-electron chi connectivity index (χ3n) is 1.78. The molecule has 3 N–H and O–H groups in total. The highest BCUT2D eigenvalue weighted by Gasteiger charge is 2.04. The van der Waals surface area contributed by atoms with Gasteiger partial charge in [0.2, 0.25) is 0 Å². The van der Waals surface area contributed by atoms with Gasteiger partial charge in [0.1, 0.15) is 11.4 Å². The fourth-order valence-corrected chi connectivity index (χ4v) is 1.01. The summed E-state index contributed by atoms with van der Waals surface area (Å²) in [5.74, 6) is -0.547. The number of carbonyl (C=O) groups is 1. The summed E-state index contributed by atoms with van der Waals surface area (Å²) >= 11 is 0. The first-order valence-electron chi connectivity index (χ1n) is 4.16. The predicted octanol–water partition coefficient (Wildman–Crippen LogP) is 1.10. The molecule has 0 saturated heterocycles. The average molecular weight is 209 g/mol. The largest absolute Gasteiger partial charge is 0.497 e. The van der Waals surface area contributed by atoms with E-state index in [0.29, 0.717) is 11.3 Å². The fourth-order valence-electron chi connectivity index (χ4n) is 1.01. The van der Waals surface area contributed by atoms with E-state index in [9.17, 15) is 4.79 Å². The lowest BCUT2D eigenvalue weighted by molar-refractivity contribution is -0.133. The molecule has 1 aromatic rings. The van der Waals surface area contributed by atoms with Crippen molar-refractivity contribution in [3.63, 3.8) is 0 Å². The zero-order valence-electron chi connectivity index (χ0n) is 8.10. The van der Waals surface area contributed by atoms with Crippen molar-refractivity contribution in [3.8, 4) is 5.75 Å². The highest BCUT2D eigenvalue weighted by Crippen LogP contribution is 2.13. The van der Waals surface area contributed by atoms with Crippen molar-refractivity contribution < 1.29 is 19.8 Å². The van der Waals surface area contributed by atoms with Gasteiger partial charge in [0.15, 0.2) is 0 Å². The highest BCUT2D eigenvalue weighted by molar-refractivity contribution is 5.91. The van der Waals surface area contributed by atoms with E-state index in [1.54, 1.807) is 36.9 Å². The van der Waals surface area contributed by atoms with Gasteiger partial charge in [-0.1, -0.05) is 12.1 Å². The third kappa shape index (κ3) is 2.99. The Bertz CT molecular complexity index is 370. The summed E-state index contributed by atoms with van der Waals surface area (Å²) in [6, 6.07) is 6.75. The van der Waals surface area contributed by atoms with Crippen LogP contribution in [0.25, 0.3) is 6.08 Å². The monoisotopic (exact) mass is 209 g/mol. The summed E-state index contributed by atoms with van der Waals surface area (Å²) in [5.41, 5.74) is 1.97. The SMILES string of the molecule is COc1ccc(/C=C(\NO)C(=O)O)cc1. The minimum atomic E-state index is -1.23. The molecule has 15 heavy (non-hydrogen) atoms. The first kappa shape index (κ1) is 11.1. The minimum absolute atomic E-state index is 0.292. The van der Waals surface area contributed by atoms with Crippen LogP contribution >= 0.6 is 0 Å². The number of rotatable bonds is 4. The lowest BCUT2D eigenvalue weighted by Gasteiger charge is -2.01. The Morgan fingerprint density at radius 2 is 2.00 bits per heavy atom. The molecule has 0 radical (unpaired) electrons. The van der Waals surface area contributed by atoms with Gasteiger partial charge in [-0.2, -0.15) is 0 Å². The average Bonchev–Trinajstić information content (AvgIpc) is 2.26. The van der Waals surface area contributed by atoms with E-state index in [0.717, 1.165) is 0 Å². The molecule has 0 aromatic heterocycles. The van der Waals surface area contributed by atoms with Crippen LogP contribution in [0.4, 0.5) is 0 Å². The molecule has 1 aromatic carbocycles. The van der Waals surface area contributed by atoms with Crippen LogP contribution in [-0.4, -0.2) is 23.4 Å². The van der Waals surface area contributed by atoms with Gasteiger partial charge in [-0.25, -0.2) is 4.79 Å². The van der Waals surface area contributed by atoms with Gasteiger partial charge < -0.3 is 9.84 Å². The van der Waals surface area contributed by atoms with Gasteiger partial charge >= 0.3 is 5.97 Å². The van der Waals surface area contributed by atoms with Crippen molar-refractivity contribution >= 4 is 12.0 Å². The number of carboxylic acids is 1. The van der Waals surface area contributed by atoms with Crippen molar-refractivity contribution in [1.29, 1.82) is 0 Å². The Kier molecular flexibility index (Phi) is 3.70. The van der Waals surface area contributed by atoms with Crippen LogP contribution in [0, 0.1) is 0 Å². The van der Waals surface area contributed by atoms with Crippen LogP contribution in [-0.2, 0) is 4.79 Å². The lowest BCUT2D eigenvalue weighted by atomic mass is 10.2. The Morgan fingerprint density at radius 3 is 2.40 bits per heavy atom. The van der Waals surface area contributed by atoms with Crippen LogP contribution < -0.4 is 10.2 Å². The normalized spacial score (nSPS) is 10.9. The Labute approximate surface area is 86.6 Å². The Morgan fingerprint density at radius 1 is 1.40 bits per heavy atom. The molecule has 0 atom stereocenters. The summed E-state index contributed by atoms with van der Waals surface area (Å²) < 4.78 is 4.95. The molecule has 0 spiro atoms. The Hall–Kier alpha value is -2.01. The van der Waals surface area contributed by atoms with Crippen LogP contribution in [0.3, 0.4) is 0 Å². The maximum Gasteiger partial charge on any atom is 0.354 e. The molecular weight excluding hydrogens is 198 g/mol. The summed E-state index contributed by atoms with van der Waals surface area (Å²) in [5, 5.41) is 17.2. The summed E-state index contributed by atoms with van der Waals surface area (Å²) in [6.07, 6.45) is 1.31. The minimum Gasteiger partial charge on any atom is -0.497 e. The van der Waals surface area contributed by atoms with Gasteiger partial charge in [0.05, 0.1) is 7.11 Å². The molecule has 1 rings (SSSR count). The number of nitrogens with one attached hydrogen (secondary N) is 1. The van der Waals surface area contributed by atoms with Crippen LogP contribution in [0.2, 0.25) is 0 Å². The number of hydroxylamine groups is 1. The van der Waals surface area contributed by atoms with Crippen molar-refractivity contribution in [2.45, 2.75) is 0 Å². The number of hydrogen-bond donors (Lipinski definition) is 3. The smallest absolute Gasteiger partial charge is 0.354 e. The second-order valence-electron chi connectivity index (χ2n) is 2.75. The number of hydrogen-bond acceptors (Lipinski definition) is 4. The number of methoxy groups -OCH3 is 1. The molecule has 80 valence electrons. The van der Waals surface area contributed by atoms with E-state index in [2.05, 4.69) is 0 Å². The molecule has 0 aliphatic heterocycles. The molecule has 0 bridgehead atoms. The molecule has 0 fully saturated rings. The maximum atomic E-state index is 10.5. The lowest BCUT2D eigenvalue weighted by Crippen LogP contribution is -2.15. The fraction of sp³-hybridized carbons (Fsp3) is 0.100. The number of carboxylic acid groups (broad SMARTS) is 1. The van der Waals surface area contributed by atoms with Gasteiger partial charge in [0.25, 0.3) is 0 Å². The summed E-state index contributed by atoms with van der Waals surface area (Å²) in [7, 11) is 1.54. The second kappa shape index (κ2) is 5.02. The summed E-state index contributed by atoms with van der Waals surface area (Å²) in [6.45, 7) is 0. The van der Waals surface area contributed by atoms with Crippen LogP contribution in [0.5, 0.6) is 5.75 Å². The van der Waals surface area contributed by atoms with Crippen LogP contribution in [0.15, 0.2) is 30.0 Å². The molecule has 0 saturated carbocycles. The molecule has 0 unspecified atom stereocenters. The molecule has 0 amide bonds. The standard InChI is InChI=1S/C10H11NO4/c1-15-8-4-2-7(3-5-8)6-9(11-14)10(12)13/h2-6,11,14H,1H3,(H,12,13)/b9-6-. The predicted molar refractivity (Wildman–Crippen MR) is 53.5 cm³/mol. The molecule has 5 nitrogen and oxygen atoms in total. The second-order valence-corrected chi connectivity index (χ2v) is 2.75. The van der Waals surface area contributed by atoms with Crippen molar-refractivity contribution in [2.75, 3.05) is 7.11 Å². The molecular formula is C10H11NO4. The number of ether oxygens (including phenoxy) is 1. The molecule has 0 aliphatic rings. The zero-order valence-corrected chi connectivity index (χ0v) is 8.10. The van der Waals surface area contributed by atoms with Crippen LogP contribution in [0.1, 0.15) is 5.56 Å².